The molecule has 0 radical (unpaired) electrons. The zero-order valence-electron chi connectivity index (χ0n) is 20.1. The lowest BCUT2D eigenvalue weighted by molar-refractivity contribution is -0.870. The Morgan fingerprint density at radius 2 is 1.12 bits per heavy atom. The van der Waals surface area contributed by atoms with E-state index in [9.17, 15) is 0 Å². The Balaban J connectivity index is 0. The summed E-state index contributed by atoms with van der Waals surface area (Å²) in [5.74, 6) is 0. The van der Waals surface area contributed by atoms with Gasteiger partial charge < -0.3 is 28.5 Å². The Bertz CT molecular complexity index is 328. The van der Waals surface area contributed by atoms with Crippen LogP contribution in [0.25, 0.3) is 0 Å². The van der Waals surface area contributed by atoms with Crippen molar-refractivity contribution in [3.8, 4) is 0 Å². The van der Waals surface area contributed by atoms with E-state index < -0.39 is 25.4 Å². The van der Waals surface area contributed by atoms with E-state index in [1.807, 2.05) is 0 Å². The third-order valence-corrected chi connectivity index (χ3v) is 2.85. The zero-order valence-corrected chi connectivity index (χ0v) is 13.3. The summed E-state index contributed by atoms with van der Waals surface area (Å²) < 4.78 is 66.2. The van der Waals surface area contributed by atoms with Gasteiger partial charge in [-0.15, -0.1) is 0 Å². The Morgan fingerprint density at radius 1 is 0.706 bits per heavy atom. The van der Waals surface area contributed by atoms with E-state index >= 15 is 0 Å². The molecule has 1 nitrogen and oxygen atoms in total. The third kappa shape index (κ3) is 19.2. The Labute approximate surface area is 140 Å². The van der Waals surface area contributed by atoms with E-state index in [0.29, 0.717) is 6.42 Å². The predicted molar refractivity (Wildman–Crippen MR) is 74.7 cm³/mol. The van der Waals surface area contributed by atoms with Gasteiger partial charge in [-0.25, -0.2) is 0 Å². The van der Waals surface area contributed by atoms with Gasteiger partial charge in [-0.2, -0.15) is 0 Å². The molecule has 0 rings (SSSR count). The van der Waals surface area contributed by atoms with Crippen molar-refractivity contribution in [1.82, 2.24) is 0 Å². The molecule has 0 aromatic heterocycles. The summed E-state index contributed by atoms with van der Waals surface area (Å²) in [4.78, 5) is 0. The van der Waals surface area contributed by atoms with Crippen LogP contribution in [0.2, 0.25) is 0 Å². The summed E-state index contributed by atoms with van der Waals surface area (Å²) in [7, 11) is 0. The average Bonchev–Trinajstić information content (AvgIpc) is 2.40. The first kappa shape index (κ1) is 8.08. The Kier molecular flexibility index (Phi) is 6.24. The van der Waals surface area contributed by atoms with Gasteiger partial charge in [-0.05, 0) is 12.8 Å². The molecule has 0 aromatic rings. The molecule has 0 saturated carbocycles. The second-order valence-electron chi connectivity index (χ2n) is 4.72. The largest absolute Gasteiger partial charge is 1.00 e. The van der Waals surface area contributed by atoms with Crippen molar-refractivity contribution in [3.05, 3.63) is 0 Å². The van der Waals surface area contributed by atoms with Crippen LogP contribution in [0.15, 0.2) is 0 Å². The highest BCUT2D eigenvalue weighted by Gasteiger charge is 2.04. The monoisotopic (exact) mass is 364 g/mol. The van der Waals surface area contributed by atoms with Gasteiger partial charge >= 0.3 is 0 Å². The van der Waals surface area contributed by atoms with Gasteiger partial charge in [0.05, 0.1) is 39.8 Å². The summed E-state index contributed by atoms with van der Waals surface area (Å²) in [6.45, 7) is -7.56. The fraction of sp³-hybridized carbons (Fsp3) is 1.00. The van der Waals surface area contributed by atoms with Crippen LogP contribution in [-0.2, 0) is 0 Å². The molecule has 0 spiro atoms. The van der Waals surface area contributed by atoms with Crippen LogP contribution in [0, 0.1) is 0 Å². The zero-order chi connectivity index (χ0) is 19.8. The minimum Gasteiger partial charge on any atom is -1.00 e. The van der Waals surface area contributed by atoms with Crippen molar-refractivity contribution in [2.45, 2.75) is 71.1 Å². The van der Waals surface area contributed by atoms with E-state index in [0.717, 1.165) is 19.3 Å². The number of halogens is 1. The summed E-state index contributed by atoms with van der Waals surface area (Å²) in [5, 5.41) is 0. The first-order valence-corrected chi connectivity index (χ1v) is 6.69. The first-order chi connectivity index (χ1) is 11.3. The highest BCUT2D eigenvalue weighted by Crippen LogP contribution is 2.10. The molecular formula is C15H34IN. The fourth-order valence-corrected chi connectivity index (χ4v) is 1.84. The highest BCUT2D eigenvalue weighted by molar-refractivity contribution is 4.47. The van der Waals surface area contributed by atoms with Crippen LogP contribution >= 0.6 is 0 Å². The summed E-state index contributed by atoms with van der Waals surface area (Å²) in [6, 6.07) is 0. The number of rotatable bonds is 11. The smallest absolute Gasteiger partial charge is 0.0886 e. The number of nitrogens with zero attached hydrogens (tertiary/aromatic N) is 1. The lowest BCUT2D eigenvalue weighted by Crippen LogP contribution is -3.00. The van der Waals surface area contributed by atoms with Crippen LogP contribution in [0.3, 0.4) is 0 Å². The van der Waals surface area contributed by atoms with E-state index in [-0.39, 0.29) is 36.9 Å². The molecule has 0 aliphatic rings. The van der Waals surface area contributed by atoms with Crippen molar-refractivity contribution < 1.29 is 40.8 Å². The molecule has 0 N–H and O–H groups in total. The maximum atomic E-state index is 7.56. The van der Waals surface area contributed by atoms with Crippen molar-refractivity contribution in [1.29, 1.82) is 0 Å². The van der Waals surface area contributed by atoms with Gasteiger partial charge in [0.25, 0.3) is 0 Å². The molecule has 0 aromatic carbocycles. The van der Waals surface area contributed by atoms with Crippen LogP contribution in [0.5, 0.6) is 0 Å². The predicted octanol–water partition coefficient (Wildman–Crippen LogP) is 1.62. The fourth-order valence-electron chi connectivity index (χ4n) is 1.84. The minimum atomic E-state index is -3.12. The molecule has 0 heterocycles. The normalized spacial score (nSPS) is 21.4. The Hall–Kier alpha value is 0.690. The molecular weight excluding hydrogens is 321 g/mol. The molecule has 0 saturated heterocycles. The summed E-state index contributed by atoms with van der Waals surface area (Å²) in [5.41, 5.74) is 0. The maximum Gasteiger partial charge on any atom is 0.0886 e. The second kappa shape index (κ2) is 13.1. The van der Waals surface area contributed by atoms with Crippen molar-refractivity contribution in [3.63, 3.8) is 0 Å². The molecule has 0 amide bonds. The van der Waals surface area contributed by atoms with Crippen LogP contribution in [-0.4, -0.2) is 32.0 Å². The number of hydrogen-bond donors (Lipinski definition) is 0. The lowest BCUT2D eigenvalue weighted by Gasteiger charge is -2.23. The topological polar surface area (TPSA) is 0 Å². The van der Waals surface area contributed by atoms with Gasteiger partial charge in [-0.1, -0.05) is 58.3 Å². The standard InChI is InChI=1S/C15H34N.HI/c1-5-6-7-8-9-10-11-12-13-14-15-16(2,3)4;/h5-15H2,1-4H3;1H/q+1;/p-1/i2D3,3D3,4D3;. The third-order valence-electron chi connectivity index (χ3n) is 2.85. The quantitative estimate of drug-likeness (QED) is 0.297. The van der Waals surface area contributed by atoms with Gasteiger partial charge in [0.1, 0.15) is 0 Å². The summed E-state index contributed by atoms with van der Waals surface area (Å²) in [6.07, 6.45) is 10.1. The van der Waals surface area contributed by atoms with Gasteiger partial charge in [-0.3, -0.25) is 0 Å². The van der Waals surface area contributed by atoms with E-state index in [4.69, 9.17) is 12.3 Å². The maximum absolute atomic E-state index is 7.56. The number of unbranched alkanes of at least 4 members (excludes halogenated alkanes) is 9. The molecule has 0 fully saturated rings. The van der Waals surface area contributed by atoms with E-state index in [1.54, 1.807) is 0 Å². The molecule has 2 heteroatoms. The molecule has 17 heavy (non-hydrogen) atoms. The molecule has 0 atom stereocenters. The molecule has 0 aliphatic heterocycles. The number of hydrogen-bond acceptors (Lipinski definition) is 0. The molecule has 0 unspecified atom stereocenters. The van der Waals surface area contributed by atoms with Gasteiger partial charge in [0, 0.05) is 0 Å². The summed E-state index contributed by atoms with van der Waals surface area (Å²) >= 11 is 0. The molecule has 106 valence electrons. The van der Waals surface area contributed by atoms with E-state index in [1.165, 1.54) is 32.1 Å². The van der Waals surface area contributed by atoms with Crippen molar-refractivity contribution in [2.75, 3.05) is 27.5 Å². The SMILES string of the molecule is [2H]C([2H])([2H])[N+](CCCCCCCCCCCC)(C([2H])([2H])[2H])C([2H])([2H])[2H].[I-]. The van der Waals surface area contributed by atoms with Gasteiger partial charge in [0.15, 0.2) is 0 Å². The average molecular weight is 364 g/mol. The van der Waals surface area contributed by atoms with Crippen molar-refractivity contribution >= 4 is 0 Å². The molecule has 0 aliphatic carbocycles. The first-order valence-electron chi connectivity index (χ1n) is 11.2. The lowest BCUT2D eigenvalue weighted by atomic mass is 10.1. The van der Waals surface area contributed by atoms with Crippen molar-refractivity contribution in [2.24, 2.45) is 0 Å². The molecule has 0 bridgehead atoms. The Morgan fingerprint density at radius 3 is 1.53 bits per heavy atom. The van der Waals surface area contributed by atoms with Gasteiger partial charge in [0.2, 0.25) is 0 Å². The van der Waals surface area contributed by atoms with Crippen LogP contribution in [0.4, 0.5) is 0 Å². The number of quaternary nitrogens is 1. The van der Waals surface area contributed by atoms with Crippen LogP contribution in [0.1, 0.15) is 83.5 Å². The van der Waals surface area contributed by atoms with E-state index in [2.05, 4.69) is 6.92 Å². The van der Waals surface area contributed by atoms with Crippen LogP contribution < -0.4 is 24.0 Å². The highest BCUT2D eigenvalue weighted by atomic mass is 127. The second-order valence-corrected chi connectivity index (χ2v) is 4.72. The minimum absolute atomic E-state index is 0.